The molecule has 1 heterocycles. The molecule has 0 amide bonds. The van der Waals surface area contributed by atoms with Crippen LogP contribution in [0.3, 0.4) is 0 Å². The van der Waals surface area contributed by atoms with E-state index in [1.807, 2.05) is 13.1 Å². The molecule has 2 aromatic rings. The van der Waals surface area contributed by atoms with Gasteiger partial charge in [-0.05, 0) is 30.3 Å². The van der Waals surface area contributed by atoms with E-state index in [1.54, 1.807) is 29.3 Å². The summed E-state index contributed by atoms with van der Waals surface area (Å²) in [6, 6.07) is 9.91. The number of aromatic nitrogens is 1. The number of benzene rings is 1. The van der Waals surface area contributed by atoms with E-state index in [-0.39, 0.29) is 5.82 Å². The maximum atomic E-state index is 13.0. The monoisotopic (exact) mass is 217 g/mol. The number of nitrogen functional groups attached to an aromatic ring is 1. The Bertz CT molecular complexity index is 482. The number of hydrogen-bond donors (Lipinski definition) is 1. The molecular formula is C12H12FN3. The molecule has 16 heavy (non-hydrogen) atoms. The summed E-state index contributed by atoms with van der Waals surface area (Å²) in [5.74, 6) is 0.458. The van der Waals surface area contributed by atoms with Gasteiger partial charge in [-0.2, -0.15) is 0 Å². The first-order valence-corrected chi connectivity index (χ1v) is 4.87. The van der Waals surface area contributed by atoms with Gasteiger partial charge in [-0.3, -0.25) is 0 Å². The van der Waals surface area contributed by atoms with Gasteiger partial charge in [0.15, 0.2) is 0 Å². The molecule has 82 valence electrons. The van der Waals surface area contributed by atoms with Crippen LogP contribution < -0.4 is 10.6 Å². The van der Waals surface area contributed by atoms with Crippen molar-refractivity contribution in [3.63, 3.8) is 0 Å². The van der Waals surface area contributed by atoms with E-state index in [2.05, 4.69) is 4.98 Å². The molecule has 0 aliphatic carbocycles. The average Bonchev–Trinajstić information content (AvgIpc) is 2.29. The molecule has 0 radical (unpaired) electrons. The van der Waals surface area contributed by atoms with E-state index in [9.17, 15) is 4.39 Å². The second-order valence-electron chi connectivity index (χ2n) is 3.49. The van der Waals surface area contributed by atoms with Gasteiger partial charge in [-0.15, -0.1) is 0 Å². The van der Waals surface area contributed by atoms with Crippen molar-refractivity contribution in [2.45, 2.75) is 0 Å². The highest BCUT2D eigenvalue weighted by atomic mass is 19.1. The van der Waals surface area contributed by atoms with Gasteiger partial charge in [0.2, 0.25) is 0 Å². The minimum Gasteiger partial charge on any atom is -0.397 e. The van der Waals surface area contributed by atoms with Crippen molar-refractivity contribution < 1.29 is 4.39 Å². The molecular weight excluding hydrogens is 205 g/mol. The molecule has 0 fully saturated rings. The zero-order valence-corrected chi connectivity index (χ0v) is 8.89. The summed E-state index contributed by atoms with van der Waals surface area (Å²) in [4.78, 5) is 5.96. The molecule has 2 N–H and O–H groups in total. The van der Waals surface area contributed by atoms with Crippen molar-refractivity contribution in [2.75, 3.05) is 17.7 Å². The van der Waals surface area contributed by atoms with Gasteiger partial charge in [0.1, 0.15) is 11.6 Å². The van der Waals surface area contributed by atoms with E-state index < -0.39 is 0 Å². The summed E-state index contributed by atoms with van der Waals surface area (Å²) in [6.07, 6.45) is 1.57. The Kier molecular flexibility index (Phi) is 2.72. The van der Waals surface area contributed by atoms with E-state index in [1.165, 1.54) is 12.1 Å². The number of rotatable bonds is 2. The fraction of sp³-hybridized carbons (Fsp3) is 0.0833. The smallest absolute Gasteiger partial charge is 0.132 e. The van der Waals surface area contributed by atoms with E-state index in [0.717, 1.165) is 11.5 Å². The minimum atomic E-state index is -0.264. The number of pyridine rings is 1. The minimum absolute atomic E-state index is 0.264. The summed E-state index contributed by atoms with van der Waals surface area (Å²) in [7, 11) is 1.83. The van der Waals surface area contributed by atoms with Crippen LogP contribution in [-0.2, 0) is 0 Å². The van der Waals surface area contributed by atoms with Crippen molar-refractivity contribution in [2.24, 2.45) is 0 Å². The molecule has 0 saturated heterocycles. The molecule has 0 aliphatic rings. The maximum Gasteiger partial charge on any atom is 0.132 e. The summed E-state index contributed by atoms with van der Waals surface area (Å²) >= 11 is 0. The Hall–Kier alpha value is -2.10. The molecule has 0 bridgehead atoms. The number of anilines is 3. The molecule has 4 heteroatoms. The van der Waals surface area contributed by atoms with Crippen LogP contribution >= 0.6 is 0 Å². The molecule has 0 atom stereocenters. The van der Waals surface area contributed by atoms with Crippen LogP contribution in [0.2, 0.25) is 0 Å². The topological polar surface area (TPSA) is 42.1 Å². The number of halogens is 1. The standard InChI is InChI=1S/C12H12FN3/c1-16(11-4-2-3-9(13)7-11)12-6-5-10(14)8-15-12/h2-8H,14H2,1H3. The first-order valence-electron chi connectivity index (χ1n) is 4.87. The van der Waals surface area contributed by atoms with E-state index in [0.29, 0.717) is 5.69 Å². The lowest BCUT2D eigenvalue weighted by molar-refractivity contribution is 0.628. The Morgan fingerprint density at radius 2 is 2.06 bits per heavy atom. The lowest BCUT2D eigenvalue weighted by Gasteiger charge is -2.18. The first kappa shape index (κ1) is 10.4. The normalized spacial score (nSPS) is 10.1. The molecule has 3 nitrogen and oxygen atoms in total. The Morgan fingerprint density at radius 3 is 2.69 bits per heavy atom. The third-order valence-electron chi connectivity index (χ3n) is 2.31. The van der Waals surface area contributed by atoms with Gasteiger partial charge in [0.25, 0.3) is 0 Å². The summed E-state index contributed by atoms with van der Waals surface area (Å²) in [5.41, 5.74) is 6.90. The van der Waals surface area contributed by atoms with Crippen LogP contribution in [0, 0.1) is 5.82 Å². The van der Waals surface area contributed by atoms with Crippen LogP contribution in [0.4, 0.5) is 21.6 Å². The van der Waals surface area contributed by atoms with Crippen LogP contribution in [0.15, 0.2) is 42.6 Å². The van der Waals surface area contributed by atoms with Crippen LogP contribution in [0.5, 0.6) is 0 Å². The second-order valence-corrected chi connectivity index (χ2v) is 3.49. The fourth-order valence-corrected chi connectivity index (χ4v) is 1.41. The molecule has 0 unspecified atom stereocenters. The highest BCUT2D eigenvalue weighted by Gasteiger charge is 2.05. The molecule has 0 aliphatic heterocycles. The summed E-state index contributed by atoms with van der Waals surface area (Å²) in [6.45, 7) is 0. The lowest BCUT2D eigenvalue weighted by Crippen LogP contribution is -2.11. The van der Waals surface area contributed by atoms with Gasteiger partial charge >= 0.3 is 0 Å². The molecule has 2 rings (SSSR count). The molecule has 0 spiro atoms. The highest BCUT2D eigenvalue weighted by molar-refractivity contribution is 5.60. The Labute approximate surface area is 93.3 Å². The van der Waals surface area contributed by atoms with Crippen molar-refractivity contribution in [3.05, 3.63) is 48.4 Å². The highest BCUT2D eigenvalue weighted by Crippen LogP contribution is 2.22. The first-order chi connectivity index (χ1) is 7.66. The van der Waals surface area contributed by atoms with Crippen LogP contribution in [0.25, 0.3) is 0 Å². The molecule has 1 aromatic carbocycles. The SMILES string of the molecule is CN(c1cccc(F)c1)c1ccc(N)cn1. The summed E-state index contributed by atoms with van der Waals surface area (Å²) < 4.78 is 13.0. The largest absolute Gasteiger partial charge is 0.397 e. The van der Waals surface area contributed by atoms with Gasteiger partial charge in [0, 0.05) is 12.7 Å². The van der Waals surface area contributed by atoms with Crippen LogP contribution in [-0.4, -0.2) is 12.0 Å². The lowest BCUT2D eigenvalue weighted by atomic mass is 10.3. The zero-order valence-electron chi connectivity index (χ0n) is 8.89. The van der Waals surface area contributed by atoms with Crippen molar-refractivity contribution in [3.8, 4) is 0 Å². The number of nitrogens with two attached hydrogens (primary N) is 1. The van der Waals surface area contributed by atoms with Crippen molar-refractivity contribution in [1.29, 1.82) is 0 Å². The predicted molar refractivity (Wildman–Crippen MR) is 63.1 cm³/mol. The zero-order chi connectivity index (χ0) is 11.5. The predicted octanol–water partition coefficient (Wildman–Crippen LogP) is 2.57. The fourth-order valence-electron chi connectivity index (χ4n) is 1.41. The van der Waals surface area contributed by atoms with Crippen molar-refractivity contribution >= 4 is 17.2 Å². The third kappa shape index (κ3) is 2.11. The van der Waals surface area contributed by atoms with Crippen LogP contribution in [0.1, 0.15) is 0 Å². The quantitative estimate of drug-likeness (QED) is 0.840. The van der Waals surface area contributed by atoms with Gasteiger partial charge in [-0.25, -0.2) is 9.37 Å². The van der Waals surface area contributed by atoms with Gasteiger partial charge in [-0.1, -0.05) is 6.07 Å². The Balaban J connectivity index is 2.31. The Morgan fingerprint density at radius 1 is 1.25 bits per heavy atom. The van der Waals surface area contributed by atoms with E-state index >= 15 is 0 Å². The van der Waals surface area contributed by atoms with Gasteiger partial charge in [0.05, 0.1) is 11.9 Å². The molecule has 1 aromatic heterocycles. The summed E-state index contributed by atoms with van der Waals surface area (Å²) in [5, 5.41) is 0. The third-order valence-corrected chi connectivity index (χ3v) is 2.31. The number of hydrogen-bond acceptors (Lipinski definition) is 3. The second kappa shape index (κ2) is 4.18. The number of nitrogens with zero attached hydrogens (tertiary/aromatic N) is 2. The maximum absolute atomic E-state index is 13.0. The average molecular weight is 217 g/mol. The van der Waals surface area contributed by atoms with Gasteiger partial charge < -0.3 is 10.6 Å². The van der Waals surface area contributed by atoms with Crippen molar-refractivity contribution in [1.82, 2.24) is 4.98 Å². The van der Waals surface area contributed by atoms with E-state index in [4.69, 9.17) is 5.73 Å². The molecule has 0 saturated carbocycles.